The molecule has 0 fully saturated rings. The highest BCUT2D eigenvalue weighted by Gasteiger charge is 2.24. The highest BCUT2D eigenvalue weighted by atomic mass is 16.6. The fourth-order valence-corrected chi connectivity index (χ4v) is 3.91. The number of nitrogens with one attached hydrogen (secondary N) is 1. The molecule has 0 bridgehead atoms. The molecule has 0 spiro atoms. The Morgan fingerprint density at radius 1 is 0.909 bits per heavy atom. The van der Waals surface area contributed by atoms with Crippen molar-refractivity contribution in [2.24, 2.45) is 0 Å². The third kappa shape index (κ3) is 5.52. The van der Waals surface area contributed by atoms with Crippen LogP contribution in [-0.2, 0) is 11.3 Å². The molecule has 1 atom stereocenters. The van der Waals surface area contributed by atoms with E-state index in [1.165, 1.54) is 0 Å². The third-order valence-corrected chi connectivity index (χ3v) is 5.67. The molecule has 1 aliphatic heterocycles. The van der Waals surface area contributed by atoms with Crippen molar-refractivity contribution in [2.75, 3.05) is 19.8 Å². The van der Waals surface area contributed by atoms with Crippen molar-refractivity contribution in [3.8, 4) is 11.5 Å². The van der Waals surface area contributed by atoms with Gasteiger partial charge in [-0.15, -0.1) is 0 Å². The Labute approximate surface area is 194 Å². The van der Waals surface area contributed by atoms with Gasteiger partial charge in [-0.2, -0.15) is 0 Å². The minimum absolute atomic E-state index is 0.0472. The molecule has 0 saturated heterocycles. The summed E-state index contributed by atoms with van der Waals surface area (Å²) in [5.41, 5.74) is 2.36. The molecule has 170 valence electrons. The summed E-state index contributed by atoms with van der Waals surface area (Å²) in [6, 6.07) is 23.9. The van der Waals surface area contributed by atoms with Crippen LogP contribution in [0.25, 0.3) is 0 Å². The normalized spacial score (nSPS) is 13.1. The van der Waals surface area contributed by atoms with Crippen LogP contribution in [0.4, 0.5) is 0 Å². The Bertz CT molecular complexity index is 1090. The van der Waals surface area contributed by atoms with Crippen LogP contribution in [0.15, 0.2) is 78.9 Å². The van der Waals surface area contributed by atoms with Crippen molar-refractivity contribution in [1.82, 2.24) is 10.2 Å². The van der Waals surface area contributed by atoms with Crippen molar-refractivity contribution in [3.05, 3.63) is 95.6 Å². The molecular formula is C27H28N2O4. The molecule has 6 heteroatoms. The first-order chi connectivity index (χ1) is 16.2. The zero-order valence-corrected chi connectivity index (χ0v) is 18.7. The molecule has 33 heavy (non-hydrogen) atoms. The van der Waals surface area contributed by atoms with Gasteiger partial charge in [-0.25, -0.2) is 0 Å². The Morgan fingerprint density at radius 2 is 1.61 bits per heavy atom. The molecule has 1 aliphatic rings. The van der Waals surface area contributed by atoms with Gasteiger partial charge in [0.2, 0.25) is 5.91 Å². The number of benzene rings is 3. The van der Waals surface area contributed by atoms with Gasteiger partial charge in [0.25, 0.3) is 5.91 Å². The van der Waals surface area contributed by atoms with Gasteiger partial charge in [0, 0.05) is 24.2 Å². The molecule has 2 amide bonds. The van der Waals surface area contributed by atoms with Gasteiger partial charge in [0.1, 0.15) is 13.2 Å². The van der Waals surface area contributed by atoms with E-state index in [1.807, 2.05) is 73.7 Å². The predicted molar refractivity (Wildman–Crippen MR) is 126 cm³/mol. The number of ether oxygens (including phenoxy) is 2. The van der Waals surface area contributed by atoms with Crippen LogP contribution in [0.1, 0.15) is 40.9 Å². The zero-order valence-electron chi connectivity index (χ0n) is 18.7. The molecule has 3 aromatic rings. The highest BCUT2D eigenvalue weighted by molar-refractivity contribution is 5.94. The van der Waals surface area contributed by atoms with Crippen LogP contribution in [0.3, 0.4) is 0 Å². The maximum absolute atomic E-state index is 13.4. The second-order valence-electron chi connectivity index (χ2n) is 7.86. The van der Waals surface area contributed by atoms with Crippen LogP contribution in [0, 0.1) is 0 Å². The number of rotatable bonds is 8. The van der Waals surface area contributed by atoms with E-state index in [-0.39, 0.29) is 18.2 Å². The second kappa shape index (κ2) is 10.7. The molecule has 3 aromatic carbocycles. The largest absolute Gasteiger partial charge is 0.486 e. The first-order valence-electron chi connectivity index (χ1n) is 11.2. The number of hydrogen-bond donors (Lipinski definition) is 1. The zero-order chi connectivity index (χ0) is 23.0. The summed E-state index contributed by atoms with van der Waals surface area (Å²) in [7, 11) is 0. The number of hydrogen-bond acceptors (Lipinski definition) is 4. The SMILES string of the molecule is CCN(Cc1cccc2c1OCCO2)C(=O)CC(NC(=O)c1ccccc1)c1ccccc1. The minimum atomic E-state index is -0.440. The van der Waals surface area contributed by atoms with Gasteiger partial charge >= 0.3 is 0 Å². The van der Waals surface area contributed by atoms with Crippen molar-refractivity contribution in [1.29, 1.82) is 0 Å². The van der Waals surface area contributed by atoms with Gasteiger partial charge in [-0.05, 0) is 30.7 Å². The van der Waals surface area contributed by atoms with Crippen molar-refractivity contribution < 1.29 is 19.1 Å². The van der Waals surface area contributed by atoms with Crippen molar-refractivity contribution in [2.45, 2.75) is 25.9 Å². The van der Waals surface area contributed by atoms with Gasteiger partial charge < -0.3 is 19.7 Å². The summed E-state index contributed by atoms with van der Waals surface area (Å²) in [4.78, 5) is 28.0. The molecule has 1 unspecified atom stereocenters. The van der Waals surface area contributed by atoms with E-state index in [9.17, 15) is 9.59 Å². The van der Waals surface area contributed by atoms with Gasteiger partial charge in [0.15, 0.2) is 11.5 Å². The maximum atomic E-state index is 13.4. The molecule has 4 rings (SSSR count). The third-order valence-electron chi connectivity index (χ3n) is 5.67. The molecule has 0 aliphatic carbocycles. The lowest BCUT2D eigenvalue weighted by molar-refractivity contribution is -0.132. The summed E-state index contributed by atoms with van der Waals surface area (Å²) in [6.07, 6.45) is 0.156. The van der Waals surface area contributed by atoms with Gasteiger partial charge in [-0.1, -0.05) is 60.7 Å². The Kier molecular flexibility index (Phi) is 7.25. The molecule has 1 N–H and O–H groups in total. The van der Waals surface area contributed by atoms with Crippen LogP contribution >= 0.6 is 0 Å². The lowest BCUT2D eigenvalue weighted by atomic mass is 10.0. The Balaban J connectivity index is 1.51. The molecule has 0 saturated carbocycles. The molecule has 6 nitrogen and oxygen atoms in total. The topological polar surface area (TPSA) is 67.9 Å². The molecule has 0 radical (unpaired) electrons. The Morgan fingerprint density at radius 3 is 2.33 bits per heavy atom. The Hall–Kier alpha value is -3.80. The monoisotopic (exact) mass is 444 g/mol. The van der Waals surface area contributed by atoms with Crippen molar-refractivity contribution in [3.63, 3.8) is 0 Å². The van der Waals surface area contributed by atoms with E-state index in [0.29, 0.717) is 43.4 Å². The van der Waals surface area contributed by atoms with Crippen LogP contribution < -0.4 is 14.8 Å². The summed E-state index contributed by atoms with van der Waals surface area (Å²) in [5, 5.41) is 3.04. The smallest absolute Gasteiger partial charge is 0.251 e. The number of carbonyl (C=O) groups excluding carboxylic acids is 2. The average Bonchev–Trinajstić information content (AvgIpc) is 2.87. The van der Waals surface area contributed by atoms with Crippen LogP contribution in [0.5, 0.6) is 11.5 Å². The lowest BCUT2D eigenvalue weighted by Crippen LogP contribution is -2.36. The van der Waals surface area contributed by atoms with Crippen molar-refractivity contribution >= 4 is 11.8 Å². The average molecular weight is 445 g/mol. The van der Waals surface area contributed by atoms with Crippen LogP contribution in [0.2, 0.25) is 0 Å². The van der Waals surface area contributed by atoms with E-state index < -0.39 is 6.04 Å². The summed E-state index contributed by atoms with van der Waals surface area (Å²) in [5.74, 6) is 1.16. The van der Waals surface area contributed by atoms with E-state index in [0.717, 1.165) is 11.1 Å². The van der Waals surface area contributed by atoms with Crippen LogP contribution in [-0.4, -0.2) is 36.5 Å². The van der Waals surface area contributed by atoms with E-state index in [2.05, 4.69) is 5.32 Å². The first kappa shape index (κ1) is 22.4. The first-order valence-corrected chi connectivity index (χ1v) is 11.2. The van der Waals surface area contributed by atoms with Gasteiger partial charge in [-0.3, -0.25) is 9.59 Å². The standard InChI is InChI=1S/C27H28N2O4/c1-2-29(19-22-14-9-15-24-26(22)33-17-16-32-24)25(30)18-23(20-10-5-3-6-11-20)28-27(31)21-12-7-4-8-13-21/h3-15,23H,2,16-19H2,1H3,(H,28,31). The molecule has 0 aromatic heterocycles. The maximum Gasteiger partial charge on any atom is 0.251 e. The number of para-hydroxylation sites is 1. The number of amides is 2. The number of nitrogens with zero attached hydrogens (tertiary/aromatic N) is 1. The number of carbonyl (C=O) groups is 2. The van der Waals surface area contributed by atoms with E-state index >= 15 is 0 Å². The molecule has 1 heterocycles. The lowest BCUT2D eigenvalue weighted by Gasteiger charge is -2.27. The minimum Gasteiger partial charge on any atom is -0.486 e. The fourth-order valence-electron chi connectivity index (χ4n) is 3.91. The summed E-state index contributed by atoms with van der Waals surface area (Å²) in [6.45, 7) is 3.91. The van der Waals surface area contributed by atoms with E-state index in [1.54, 1.807) is 17.0 Å². The summed E-state index contributed by atoms with van der Waals surface area (Å²) < 4.78 is 11.5. The highest BCUT2D eigenvalue weighted by Crippen LogP contribution is 2.34. The molecular weight excluding hydrogens is 416 g/mol. The predicted octanol–water partition coefficient (Wildman–Crippen LogP) is 4.37. The quantitative estimate of drug-likeness (QED) is 0.560. The van der Waals surface area contributed by atoms with E-state index in [4.69, 9.17) is 9.47 Å². The second-order valence-corrected chi connectivity index (χ2v) is 7.86. The number of fused-ring (bicyclic) bond motifs is 1. The van der Waals surface area contributed by atoms with Gasteiger partial charge in [0.05, 0.1) is 12.5 Å². The summed E-state index contributed by atoms with van der Waals surface area (Å²) >= 11 is 0. The fraction of sp³-hybridized carbons (Fsp3) is 0.259.